The van der Waals surface area contributed by atoms with Gasteiger partial charge in [-0.05, 0) is 18.6 Å². The Morgan fingerprint density at radius 3 is 2.71 bits per heavy atom. The lowest BCUT2D eigenvalue weighted by molar-refractivity contribution is -0.131. The van der Waals surface area contributed by atoms with Crippen molar-refractivity contribution in [2.75, 3.05) is 18.4 Å². The first kappa shape index (κ1) is 10.5. The molecule has 88 valence electrons. The largest absolute Gasteiger partial charge is 0.363 e. The smallest absolute Gasteiger partial charge is 0.177 e. The fraction of sp³-hybridized carbons (Fsp3) is 0.357. The number of nitrogens with zero attached hydrogens (tertiary/aromatic N) is 1. The van der Waals surface area contributed by atoms with Crippen molar-refractivity contribution >= 4 is 11.5 Å². The predicted octanol–water partition coefficient (Wildman–Crippen LogP) is 1.89. The number of rotatable bonds is 2. The summed E-state index contributed by atoms with van der Waals surface area (Å²) in [4.78, 5) is 14.4. The molecule has 0 radical (unpaired) electrons. The average Bonchev–Trinajstić information content (AvgIpc) is 2.35. The molecule has 0 amide bonds. The van der Waals surface area contributed by atoms with Crippen molar-refractivity contribution in [1.82, 2.24) is 4.90 Å². The molecule has 3 saturated heterocycles. The van der Waals surface area contributed by atoms with E-state index in [0.717, 1.165) is 30.8 Å². The van der Waals surface area contributed by atoms with Crippen LogP contribution in [0.3, 0.4) is 0 Å². The summed E-state index contributed by atoms with van der Waals surface area (Å²) < 4.78 is 0. The molecule has 3 aliphatic heterocycles. The number of hydrogen-bond acceptors (Lipinski definition) is 3. The van der Waals surface area contributed by atoms with Gasteiger partial charge in [-0.1, -0.05) is 30.4 Å². The van der Waals surface area contributed by atoms with Crippen molar-refractivity contribution in [3.8, 4) is 0 Å². The van der Waals surface area contributed by atoms with E-state index < -0.39 is 0 Å². The maximum Gasteiger partial charge on any atom is 0.177 e. The van der Waals surface area contributed by atoms with Gasteiger partial charge in [0.15, 0.2) is 5.78 Å². The number of Topliss-reactive ketones (excluding diaryl/α,β-unsaturated/α-hetero) is 1. The highest BCUT2D eigenvalue weighted by Gasteiger charge is 2.42. The van der Waals surface area contributed by atoms with E-state index in [2.05, 4.69) is 16.8 Å². The Morgan fingerprint density at radius 1 is 1.29 bits per heavy atom. The number of anilines is 1. The van der Waals surface area contributed by atoms with Crippen LogP contribution in [0.2, 0.25) is 0 Å². The molecule has 1 aromatic rings. The predicted molar refractivity (Wildman–Crippen MR) is 67.7 cm³/mol. The minimum absolute atomic E-state index is 0.0706. The van der Waals surface area contributed by atoms with E-state index in [1.54, 1.807) is 0 Å². The molecular weight excluding hydrogens is 212 g/mol. The number of hydrogen-bond donors (Lipinski definition) is 1. The summed E-state index contributed by atoms with van der Waals surface area (Å²) in [5, 5.41) is 3.32. The number of carbonyl (C=O) groups excluding carboxylic acids is 1. The van der Waals surface area contributed by atoms with Gasteiger partial charge in [0.1, 0.15) is 6.17 Å². The molecule has 17 heavy (non-hydrogen) atoms. The standard InChI is InChI=1S/C14H16N2O/c1-10-9-16-8-7-12(10)13(17)14(16)15-11-5-3-2-4-6-11/h2-6,12,14-15H,1,7-9H2. The van der Waals surface area contributed by atoms with E-state index in [4.69, 9.17) is 0 Å². The zero-order valence-electron chi connectivity index (χ0n) is 9.73. The van der Waals surface area contributed by atoms with Gasteiger partial charge in [0.05, 0.1) is 0 Å². The van der Waals surface area contributed by atoms with Crippen LogP contribution in [0.5, 0.6) is 0 Å². The molecule has 2 bridgehead atoms. The molecule has 3 nitrogen and oxygen atoms in total. The van der Waals surface area contributed by atoms with Gasteiger partial charge in [0.2, 0.25) is 0 Å². The molecule has 3 atom stereocenters. The van der Waals surface area contributed by atoms with Crippen molar-refractivity contribution in [3.05, 3.63) is 42.5 Å². The van der Waals surface area contributed by atoms with Crippen LogP contribution in [0.1, 0.15) is 6.42 Å². The van der Waals surface area contributed by atoms with Crippen LogP contribution in [0.15, 0.2) is 42.5 Å². The first-order valence-electron chi connectivity index (χ1n) is 6.03. The fourth-order valence-corrected chi connectivity index (χ4v) is 2.74. The van der Waals surface area contributed by atoms with Crippen LogP contribution in [-0.4, -0.2) is 29.9 Å². The van der Waals surface area contributed by atoms with Gasteiger partial charge in [0, 0.05) is 24.7 Å². The van der Waals surface area contributed by atoms with Crippen molar-refractivity contribution in [2.24, 2.45) is 5.92 Å². The maximum absolute atomic E-state index is 12.2. The van der Waals surface area contributed by atoms with Crippen LogP contribution in [0.4, 0.5) is 5.69 Å². The quantitative estimate of drug-likeness (QED) is 0.784. The van der Waals surface area contributed by atoms with Crippen LogP contribution in [-0.2, 0) is 4.79 Å². The Hall–Kier alpha value is -1.61. The molecule has 3 aliphatic rings. The van der Waals surface area contributed by atoms with E-state index in [9.17, 15) is 4.79 Å². The zero-order chi connectivity index (χ0) is 11.8. The van der Waals surface area contributed by atoms with Crippen LogP contribution in [0, 0.1) is 5.92 Å². The average molecular weight is 228 g/mol. The number of nitrogens with one attached hydrogen (secondary N) is 1. The highest BCUT2D eigenvalue weighted by Crippen LogP contribution is 2.32. The van der Waals surface area contributed by atoms with E-state index >= 15 is 0 Å². The summed E-state index contributed by atoms with van der Waals surface area (Å²) in [5.41, 5.74) is 2.08. The summed E-state index contributed by atoms with van der Waals surface area (Å²) >= 11 is 0. The van der Waals surface area contributed by atoms with E-state index in [1.165, 1.54) is 0 Å². The van der Waals surface area contributed by atoms with Gasteiger partial charge in [-0.25, -0.2) is 0 Å². The fourth-order valence-electron chi connectivity index (χ4n) is 2.74. The Kier molecular flexibility index (Phi) is 2.48. The number of piperidine rings is 3. The summed E-state index contributed by atoms with van der Waals surface area (Å²) in [6, 6.07) is 9.91. The van der Waals surface area contributed by atoms with Gasteiger partial charge in [-0.15, -0.1) is 0 Å². The molecule has 3 fully saturated rings. The second kappa shape index (κ2) is 4.00. The Balaban J connectivity index is 1.81. The summed E-state index contributed by atoms with van der Waals surface area (Å²) in [7, 11) is 0. The number of ketones is 1. The van der Waals surface area contributed by atoms with Crippen molar-refractivity contribution in [3.63, 3.8) is 0 Å². The lowest BCUT2D eigenvalue weighted by atomic mass is 9.81. The molecule has 1 aromatic carbocycles. The maximum atomic E-state index is 12.2. The number of benzene rings is 1. The van der Waals surface area contributed by atoms with Crippen molar-refractivity contribution in [1.29, 1.82) is 0 Å². The summed E-state index contributed by atoms with van der Waals surface area (Å²) in [6.45, 7) is 5.83. The lowest BCUT2D eigenvalue weighted by Gasteiger charge is -2.45. The topological polar surface area (TPSA) is 32.3 Å². The minimum Gasteiger partial charge on any atom is -0.363 e. The molecule has 3 unspecified atom stereocenters. The van der Waals surface area contributed by atoms with Crippen LogP contribution >= 0.6 is 0 Å². The molecule has 0 aliphatic carbocycles. The minimum atomic E-state index is -0.165. The van der Waals surface area contributed by atoms with Crippen LogP contribution < -0.4 is 5.32 Å². The van der Waals surface area contributed by atoms with E-state index in [-0.39, 0.29) is 17.9 Å². The van der Waals surface area contributed by atoms with E-state index in [1.807, 2.05) is 30.3 Å². The normalized spacial score (nSPS) is 31.6. The molecule has 1 N–H and O–H groups in total. The molecule has 0 aromatic heterocycles. The zero-order valence-corrected chi connectivity index (χ0v) is 9.73. The first-order chi connectivity index (χ1) is 8.25. The lowest BCUT2D eigenvalue weighted by Crippen LogP contribution is -2.59. The van der Waals surface area contributed by atoms with Gasteiger partial charge < -0.3 is 5.32 Å². The second-order valence-corrected chi connectivity index (χ2v) is 4.79. The molecule has 3 heteroatoms. The first-order valence-corrected chi connectivity index (χ1v) is 6.03. The Labute approximate surface area is 101 Å². The van der Waals surface area contributed by atoms with Crippen LogP contribution in [0.25, 0.3) is 0 Å². The molecule has 0 spiro atoms. The molecule has 4 rings (SSSR count). The number of para-hydroxylation sites is 1. The SMILES string of the molecule is C=C1CN2CCC1C(=O)C2Nc1ccccc1. The number of carbonyl (C=O) groups is 1. The van der Waals surface area contributed by atoms with Gasteiger partial charge in [-0.2, -0.15) is 0 Å². The van der Waals surface area contributed by atoms with Gasteiger partial charge >= 0.3 is 0 Å². The molecule has 3 heterocycles. The highest BCUT2D eigenvalue weighted by molar-refractivity contribution is 5.92. The van der Waals surface area contributed by atoms with Crippen molar-refractivity contribution in [2.45, 2.75) is 12.6 Å². The highest BCUT2D eigenvalue weighted by atomic mass is 16.1. The van der Waals surface area contributed by atoms with Crippen molar-refractivity contribution < 1.29 is 4.79 Å². The van der Waals surface area contributed by atoms with E-state index in [0.29, 0.717) is 0 Å². The molecule has 0 saturated carbocycles. The third-order valence-corrected chi connectivity index (χ3v) is 3.66. The Bertz CT molecular complexity index is 455. The van der Waals surface area contributed by atoms with Gasteiger partial charge in [0.25, 0.3) is 0 Å². The third-order valence-electron chi connectivity index (χ3n) is 3.66. The summed E-state index contributed by atoms with van der Waals surface area (Å²) in [5.74, 6) is 0.345. The second-order valence-electron chi connectivity index (χ2n) is 4.79. The third kappa shape index (κ3) is 1.76. The summed E-state index contributed by atoms with van der Waals surface area (Å²) in [6.07, 6.45) is 0.770. The Morgan fingerprint density at radius 2 is 2.06 bits per heavy atom. The molecular formula is C14H16N2O. The number of fused-ring (bicyclic) bond motifs is 3. The monoisotopic (exact) mass is 228 g/mol. The van der Waals surface area contributed by atoms with Gasteiger partial charge in [-0.3, -0.25) is 9.69 Å².